The minimum atomic E-state index is 0.129. The molecule has 4 nitrogen and oxygen atoms in total. The van der Waals surface area contributed by atoms with E-state index in [1.807, 2.05) is 11.8 Å². The average Bonchev–Trinajstić information content (AvgIpc) is 2.60. The van der Waals surface area contributed by atoms with Crippen molar-refractivity contribution >= 4 is 29.0 Å². The molecule has 2 rings (SSSR count). The van der Waals surface area contributed by atoms with Crippen LogP contribution in [0.3, 0.4) is 0 Å². The van der Waals surface area contributed by atoms with Gasteiger partial charge < -0.3 is 4.90 Å². The van der Waals surface area contributed by atoms with Gasteiger partial charge in [-0.2, -0.15) is 0 Å². The van der Waals surface area contributed by atoms with E-state index < -0.39 is 0 Å². The fraction of sp³-hybridized carbons (Fsp3) is 0.667. The van der Waals surface area contributed by atoms with Crippen LogP contribution in [0.25, 0.3) is 0 Å². The zero-order chi connectivity index (χ0) is 10.8. The molecule has 1 aliphatic rings. The number of likely N-dealkylation sites (tertiary alicyclic amines) is 1. The zero-order valence-electron chi connectivity index (χ0n) is 8.44. The van der Waals surface area contributed by atoms with Crippen molar-refractivity contribution in [2.75, 3.05) is 6.54 Å². The third-order valence-electron chi connectivity index (χ3n) is 2.65. The number of hydrogen-bond acceptors (Lipinski definition) is 4. The van der Waals surface area contributed by atoms with Crippen molar-refractivity contribution in [1.82, 2.24) is 14.5 Å². The summed E-state index contributed by atoms with van der Waals surface area (Å²) in [7, 11) is 0. The lowest BCUT2D eigenvalue weighted by Crippen LogP contribution is -2.39. The van der Waals surface area contributed by atoms with E-state index in [9.17, 15) is 4.79 Å². The van der Waals surface area contributed by atoms with Gasteiger partial charge in [-0.3, -0.25) is 4.79 Å². The van der Waals surface area contributed by atoms with Crippen LogP contribution < -0.4 is 0 Å². The lowest BCUT2D eigenvalue weighted by Gasteiger charge is -2.29. The van der Waals surface area contributed by atoms with Crippen LogP contribution in [0.1, 0.15) is 25.5 Å². The van der Waals surface area contributed by atoms with Gasteiger partial charge in [0.1, 0.15) is 10.0 Å². The van der Waals surface area contributed by atoms with Crippen LogP contribution in [-0.2, 0) is 11.3 Å². The van der Waals surface area contributed by atoms with Crippen LogP contribution in [0, 0.1) is 5.92 Å². The first kappa shape index (κ1) is 10.8. The van der Waals surface area contributed by atoms with E-state index >= 15 is 0 Å². The summed E-state index contributed by atoms with van der Waals surface area (Å²) in [6, 6.07) is 0. The molecule has 0 aliphatic carbocycles. The van der Waals surface area contributed by atoms with Crippen LogP contribution in [0.5, 0.6) is 0 Å². The second kappa shape index (κ2) is 4.45. The van der Waals surface area contributed by atoms with E-state index in [1.54, 1.807) is 0 Å². The van der Waals surface area contributed by atoms with Gasteiger partial charge in [0.05, 0.1) is 6.54 Å². The molecule has 1 fully saturated rings. The summed E-state index contributed by atoms with van der Waals surface area (Å²) in [5, 5.41) is 3.91. The molecule has 1 amide bonds. The predicted octanol–water partition coefficient (Wildman–Crippen LogP) is 1.95. The number of piperidine rings is 1. The summed E-state index contributed by atoms with van der Waals surface area (Å²) in [5.74, 6) is 0.328. The summed E-state index contributed by atoms with van der Waals surface area (Å²) in [6.07, 6.45) is 2.04. The molecule has 0 saturated carbocycles. The molecule has 1 atom stereocenters. The van der Waals surface area contributed by atoms with Crippen molar-refractivity contribution in [3.8, 4) is 0 Å². The molecule has 0 bridgehead atoms. The molecule has 15 heavy (non-hydrogen) atoms. The van der Waals surface area contributed by atoms with Gasteiger partial charge in [0.25, 0.3) is 0 Å². The summed E-state index contributed by atoms with van der Waals surface area (Å²) in [4.78, 5) is 13.6. The van der Waals surface area contributed by atoms with Gasteiger partial charge >= 0.3 is 0 Å². The maximum Gasteiger partial charge on any atom is 0.225 e. The smallest absolute Gasteiger partial charge is 0.225 e. The molecule has 0 radical (unpaired) electrons. The number of aromatic nitrogens is 2. The Balaban J connectivity index is 2.05. The highest BCUT2D eigenvalue weighted by molar-refractivity contribution is 7.10. The average molecular weight is 246 g/mol. The lowest BCUT2D eigenvalue weighted by atomic mass is 9.99. The third-order valence-corrected chi connectivity index (χ3v) is 3.63. The van der Waals surface area contributed by atoms with Gasteiger partial charge in [-0.25, -0.2) is 0 Å². The highest BCUT2D eigenvalue weighted by atomic mass is 35.5. The molecule has 1 saturated heterocycles. The van der Waals surface area contributed by atoms with Gasteiger partial charge in [0.15, 0.2) is 0 Å². The Labute approximate surface area is 97.4 Å². The fourth-order valence-corrected chi connectivity index (χ4v) is 2.37. The van der Waals surface area contributed by atoms with Crippen molar-refractivity contribution in [1.29, 1.82) is 0 Å². The van der Waals surface area contributed by atoms with Crippen molar-refractivity contribution in [3.63, 3.8) is 0 Å². The number of rotatable bonds is 2. The molecule has 1 aliphatic heterocycles. The Morgan fingerprint density at radius 1 is 1.67 bits per heavy atom. The van der Waals surface area contributed by atoms with Crippen molar-refractivity contribution < 1.29 is 4.79 Å². The number of nitrogens with zero attached hydrogens (tertiary/aromatic N) is 3. The van der Waals surface area contributed by atoms with Crippen LogP contribution in [0.15, 0.2) is 0 Å². The minimum Gasteiger partial charge on any atom is -0.336 e. The molecule has 1 aromatic rings. The van der Waals surface area contributed by atoms with E-state index in [0.29, 0.717) is 16.6 Å². The SMILES string of the molecule is CC1CCCN(Cc2nnsc2Cl)C1=O. The normalized spacial score (nSPS) is 22.1. The number of carbonyl (C=O) groups excluding carboxylic acids is 1. The second-order valence-corrected chi connectivity index (χ2v) is 5.15. The predicted molar refractivity (Wildman–Crippen MR) is 58.7 cm³/mol. The van der Waals surface area contributed by atoms with E-state index in [0.717, 1.165) is 30.9 Å². The third kappa shape index (κ3) is 2.29. The summed E-state index contributed by atoms with van der Waals surface area (Å²) < 4.78 is 4.34. The van der Waals surface area contributed by atoms with Gasteiger partial charge in [-0.1, -0.05) is 23.0 Å². The first-order valence-electron chi connectivity index (χ1n) is 4.94. The Kier molecular flexibility index (Phi) is 3.21. The Hall–Kier alpha value is -0.680. The molecular formula is C9H12ClN3OS. The van der Waals surface area contributed by atoms with E-state index in [2.05, 4.69) is 9.59 Å². The number of carbonyl (C=O) groups is 1. The van der Waals surface area contributed by atoms with Crippen molar-refractivity contribution in [2.45, 2.75) is 26.3 Å². The molecule has 0 N–H and O–H groups in total. The molecule has 1 unspecified atom stereocenters. The maximum atomic E-state index is 11.8. The molecule has 2 heterocycles. The highest BCUT2D eigenvalue weighted by Gasteiger charge is 2.26. The standard InChI is InChI=1S/C9H12ClN3OS/c1-6-3-2-4-13(9(6)14)5-7-8(10)15-12-11-7/h6H,2-5H2,1H3. The Morgan fingerprint density at radius 2 is 2.47 bits per heavy atom. The summed E-state index contributed by atoms with van der Waals surface area (Å²) >= 11 is 7.06. The maximum absolute atomic E-state index is 11.8. The highest BCUT2D eigenvalue weighted by Crippen LogP contribution is 2.23. The van der Waals surface area contributed by atoms with Gasteiger partial charge in [-0.15, -0.1) is 5.10 Å². The largest absolute Gasteiger partial charge is 0.336 e. The first-order chi connectivity index (χ1) is 7.18. The van der Waals surface area contributed by atoms with Crippen LogP contribution >= 0.6 is 23.1 Å². The van der Waals surface area contributed by atoms with Gasteiger partial charge in [-0.05, 0) is 12.8 Å². The van der Waals surface area contributed by atoms with Gasteiger partial charge in [0, 0.05) is 24.0 Å². The molecule has 0 spiro atoms. The van der Waals surface area contributed by atoms with Gasteiger partial charge in [0.2, 0.25) is 5.91 Å². The van der Waals surface area contributed by atoms with Crippen molar-refractivity contribution in [2.24, 2.45) is 5.92 Å². The molecule has 0 aromatic carbocycles. The zero-order valence-corrected chi connectivity index (χ0v) is 10.0. The van der Waals surface area contributed by atoms with Crippen LogP contribution in [0.2, 0.25) is 4.34 Å². The second-order valence-electron chi connectivity index (χ2n) is 3.80. The quantitative estimate of drug-likeness (QED) is 0.800. The topological polar surface area (TPSA) is 46.1 Å². The monoisotopic (exact) mass is 245 g/mol. The lowest BCUT2D eigenvalue weighted by molar-refractivity contribution is -0.138. The molecule has 6 heteroatoms. The number of halogens is 1. The Bertz CT molecular complexity index is 368. The number of amides is 1. The van der Waals surface area contributed by atoms with E-state index in [4.69, 9.17) is 11.6 Å². The summed E-state index contributed by atoms with van der Waals surface area (Å²) in [5.41, 5.74) is 0.712. The van der Waals surface area contributed by atoms with E-state index in [1.165, 1.54) is 0 Å². The first-order valence-corrected chi connectivity index (χ1v) is 6.09. The van der Waals surface area contributed by atoms with E-state index in [-0.39, 0.29) is 11.8 Å². The molecule has 82 valence electrons. The number of hydrogen-bond donors (Lipinski definition) is 0. The van der Waals surface area contributed by atoms with Crippen LogP contribution in [0.4, 0.5) is 0 Å². The fourth-order valence-electron chi connectivity index (χ4n) is 1.76. The Morgan fingerprint density at radius 3 is 3.13 bits per heavy atom. The minimum absolute atomic E-state index is 0.129. The van der Waals surface area contributed by atoms with Crippen molar-refractivity contribution in [3.05, 3.63) is 10.0 Å². The molecular weight excluding hydrogens is 234 g/mol. The van der Waals surface area contributed by atoms with Crippen LogP contribution in [-0.4, -0.2) is 26.9 Å². The summed E-state index contributed by atoms with van der Waals surface area (Å²) in [6.45, 7) is 3.27. The molecule has 1 aromatic heterocycles.